The van der Waals surface area contributed by atoms with Gasteiger partial charge in [-0.25, -0.2) is 8.78 Å². The lowest BCUT2D eigenvalue weighted by Crippen LogP contribution is -2.34. The van der Waals surface area contributed by atoms with E-state index in [4.69, 9.17) is 4.74 Å². The molecule has 3 aliphatic rings. The van der Waals surface area contributed by atoms with Crippen LogP contribution in [0.3, 0.4) is 0 Å². The van der Waals surface area contributed by atoms with E-state index in [-0.39, 0.29) is 23.6 Å². The number of hydrogen-bond acceptors (Lipinski definition) is 3. The predicted octanol–water partition coefficient (Wildman–Crippen LogP) is 4.82. The number of hydrogen-bond donors (Lipinski definition) is 0. The summed E-state index contributed by atoms with van der Waals surface area (Å²) in [6, 6.07) is 7.63. The van der Waals surface area contributed by atoms with Crippen molar-refractivity contribution in [1.82, 2.24) is 0 Å². The van der Waals surface area contributed by atoms with Crippen molar-refractivity contribution in [1.29, 1.82) is 0 Å². The van der Waals surface area contributed by atoms with Gasteiger partial charge in [-0.1, -0.05) is 31.5 Å². The SMILES string of the molecule is CCc1cc(C)cc(CC)c1C1C(=O)[C@@H]2[C@@H]3O[C@@H](C[C@H]3c3cc(F)cc(F)c3)[C@@H]2C1=O. The molecule has 0 N–H and O–H groups in total. The van der Waals surface area contributed by atoms with Crippen LogP contribution >= 0.6 is 0 Å². The van der Waals surface area contributed by atoms with Crippen LogP contribution in [-0.4, -0.2) is 23.8 Å². The van der Waals surface area contributed by atoms with Crippen LogP contribution < -0.4 is 0 Å². The Morgan fingerprint density at radius 1 is 0.903 bits per heavy atom. The lowest BCUT2D eigenvalue weighted by Gasteiger charge is -2.26. The normalized spacial score (nSPS) is 31.5. The van der Waals surface area contributed by atoms with Gasteiger partial charge in [0.05, 0.1) is 24.0 Å². The second-order valence-corrected chi connectivity index (χ2v) is 9.18. The van der Waals surface area contributed by atoms with E-state index in [1.54, 1.807) is 0 Å². The molecule has 0 radical (unpaired) electrons. The van der Waals surface area contributed by atoms with Crippen LogP contribution in [0.4, 0.5) is 8.78 Å². The molecule has 3 fully saturated rings. The Morgan fingerprint density at radius 3 is 2.06 bits per heavy atom. The number of carbonyl (C=O) groups excluding carboxylic acids is 2. The van der Waals surface area contributed by atoms with Gasteiger partial charge in [-0.05, 0) is 60.6 Å². The first-order valence-corrected chi connectivity index (χ1v) is 11.1. The fourth-order valence-corrected chi connectivity index (χ4v) is 6.27. The van der Waals surface area contributed by atoms with E-state index in [1.165, 1.54) is 12.1 Å². The van der Waals surface area contributed by atoms with Crippen LogP contribution in [0.15, 0.2) is 30.3 Å². The number of ether oxygens (including phenoxy) is 1. The molecule has 0 aromatic heterocycles. The Bertz CT molecular complexity index is 1050. The summed E-state index contributed by atoms with van der Waals surface area (Å²) >= 11 is 0. The molecule has 1 saturated carbocycles. The van der Waals surface area contributed by atoms with Gasteiger partial charge in [0.15, 0.2) is 11.6 Å². The van der Waals surface area contributed by atoms with Gasteiger partial charge in [-0.2, -0.15) is 0 Å². The Morgan fingerprint density at radius 2 is 1.48 bits per heavy atom. The fourth-order valence-electron chi connectivity index (χ4n) is 6.27. The maximum Gasteiger partial charge on any atom is 0.154 e. The first kappa shape index (κ1) is 20.5. The van der Waals surface area contributed by atoms with Crippen molar-refractivity contribution in [3.05, 3.63) is 69.8 Å². The highest BCUT2D eigenvalue weighted by Gasteiger charge is 2.66. The molecule has 2 aliphatic heterocycles. The molecule has 5 heteroatoms. The summed E-state index contributed by atoms with van der Waals surface area (Å²) in [7, 11) is 0. The highest BCUT2D eigenvalue weighted by atomic mass is 19.1. The molecule has 0 spiro atoms. The summed E-state index contributed by atoms with van der Waals surface area (Å²) in [6.45, 7) is 6.12. The number of ketones is 2. The van der Waals surface area contributed by atoms with Gasteiger partial charge in [0.1, 0.15) is 17.6 Å². The highest BCUT2D eigenvalue weighted by molar-refractivity contribution is 6.17. The Labute approximate surface area is 180 Å². The van der Waals surface area contributed by atoms with Crippen molar-refractivity contribution < 1.29 is 23.1 Å². The van der Waals surface area contributed by atoms with E-state index in [2.05, 4.69) is 12.1 Å². The van der Waals surface area contributed by atoms with E-state index in [0.717, 1.165) is 41.2 Å². The molecule has 2 saturated heterocycles. The first-order valence-electron chi connectivity index (χ1n) is 11.1. The zero-order valence-electron chi connectivity index (χ0n) is 18.0. The molecule has 2 bridgehead atoms. The molecule has 1 aliphatic carbocycles. The number of fused-ring (bicyclic) bond motifs is 5. The van der Waals surface area contributed by atoms with Crippen LogP contribution in [0.1, 0.15) is 59.9 Å². The van der Waals surface area contributed by atoms with E-state index < -0.39 is 35.5 Å². The molecular formula is C26H26F2O3. The third-order valence-electron chi connectivity index (χ3n) is 7.44. The molecule has 2 aromatic rings. The summed E-state index contributed by atoms with van der Waals surface area (Å²) < 4.78 is 33.7. The smallest absolute Gasteiger partial charge is 0.154 e. The minimum Gasteiger partial charge on any atom is -0.373 e. The molecule has 0 amide bonds. The van der Waals surface area contributed by atoms with Crippen LogP contribution in [0, 0.1) is 30.4 Å². The van der Waals surface area contributed by atoms with Crippen molar-refractivity contribution >= 4 is 11.6 Å². The van der Waals surface area contributed by atoms with Gasteiger partial charge in [-0.3, -0.25) is 9.59 Å². The molecule has 31 heavy (non-hydrogen) atoms. The molecule has 5 rings (SSSR count). The van der Waals surface area contributed by atoms with E-state index >= 15 is 0 Å². The molecule has 162 valence electrons. The molecule has 6 atom stereocenters. The van der Waals surface area contributed by atoms with E-state index in [0.29, 0.717) is 12.0 Å². The highest BCUT2D eigenvalue weighted by Crippen LogP contribution is 2.57. The van der Waals surface area contributed by atoms with E-state index in [9.17, 15) is 18.4 Å². The quantitative estimate of drug-likeness (QED) is 0.661. The summed E-state index contributed by atoms with van der Waals surface area (Å²) in [4.78, 5) is 27.2. The van der Waals surface area contributed by atoms with Gasteiger partial charge in [0, 0.05) is 12.0 Å². The number of carbonyl (C=O) groups is 2. The van der Waals surface area contributed by atoms with Crippen molar-refractivity contribution in [3.63, 3.8) is 0 Å². The van der Waals surface area contributed by atoms with Crippen molar-refractivity contribution in [2.24, 2.45) is 11.8 Å². The average molecular weight is 424 g/mol. The van der Waals surface area contributed by atoms with Crippen LogP contribution in [0.2, 0.25) is 0 Å². The fraction of sp³-hybridized carbons (Fsp3) is 0.462. The van der Waals surface area contributed by atoms with E-state index in [1.807, 2.05) is 20.8 Å². The monoisotopic (exact) mass is 424 g/mol. The second-order valence-electron chi connectivity index (χ2n) is 9.18. The van der Waals surface area contributed by atoms with Gasteiger partial charge in [0.2, 0.25) is 0 Å². The molecule has 3 nitrogen and oxygen atoms in total. The Balaban J connectivity index is 1.54. The number of benzene rings is 2. The van der Waals surface area contributed by atoms with Gasteiger partial charge in [-0.15, -0.1) is 0 Å². The minimum absolute atomic E-state index is 0.0420. The predicted molar refractivity (Wildman–Crippen MR) is 112 cm³/mol. The van der Waals surface area contributed by atoms with Gasteiger partial charge >= 0.3 is 0 Å². The maximum absolute atomic E-state index is 13.8. The van der Waals surface area contributed by atoms with Gasteiger partial charge in [0.25, 0.3) is 0 Å². The summed E-state index contributed by atoms with van der Waals surface area (Å²) in [5.41, 5.74) is 4.63. The number of halogens is 2. The van der Waals surface area contributed by atoms with Crippen LogP contribution in [0.5, 0.6) is 0 Å². The van der Waals surface area contributed by atoms with Crippen molar-refractivity contribution in [3.8, 4) is 0 Å². The summed E-state index contributed by atoms with van der Waals surface area (Å²) in [5, 5.41) is 0. The average Bonchev–Trinajstić information content (AvgIpc) is 3.38. The standard InChI is InChI=1S/C26H26F2O3/c1-4-13-6-12(3)7-14(5-2)20(13)22-24(29)21-19-11-18(26(31-19)23(21)25(22)30)15-8-16(27)10-17(28)9-15/h6-10,18-19,21-23,26H,4-5,11H2,1-3H3/t18-,19-,21-,22?,23+,26+/m0/s1. The lowest BCUT2D eigenvalue weighted by molar-refractivity contribution is -0.127. The molecule has 2 aromatic carbocycles. The van der Waals surface area contributed by atoms with Gasteiger partial charge < -0.3 is 4.74 Å². The third-order valence-corrected chi connectivity index (χ3v) is 7.44. The summed E-state index contributed by atoms with van der Waals surface area (Å²) in [6.07, 6.45) is 1.15. The first-order chi connectivity index (χ1) is 14.8. The molecule has 2 heterocycles. The topological polar surface area (TPSA) is 43.4 Å². The number of Topliss-reactive ketones (excluding diaryl/α,β-unsaturated/α-hetero) is 2. The van der Waals surface area contributed by atoms with Crippen LogP contribution in [-0.2, 0) is 27.2 Å². The van der Waals surface area contributed by atoms with Crippen molar-refractivity contribution in [2.75, 3.05) is 0 Å². The Kier molecular flexibility index (Phi) is 4.85. The molecular weight excluding hydrogens is 398 g/mol. The van der Waals surface area contributed by atoms with Crippen LogP contribution in [0.25, 0.3) is 0 Å². The number of aryl methyl sites for hydroxylation is 3. The largest absolute Gasteiger partial charge is 0.373 e. The minimum atomic E-state index is -0.752. The zero-order chi connectivity index (χ0) is 22.0. The second kappa shape index (κ2) is 7.33. The Hall–Kier alpha value is -2.40. The van der Waals surface area contributed by atoms with Crippen molar-refractivity contribution in [2.45, 2.75) is 64.1 Å². The molecule has 1 unspecified atom stereocenters. The summed E-state index contributed by atoms with van der Waals surface area (Å²) in [5.74, 6) is -3.42. The zero-order valence-corrected chi connectivity index (χ0v) is 18.0. The third kappa shape index (κ3) is 3.00. The maximum atomic E-state index is 13.8. The number of rotatable bonds is 4. The lowest BCUT2D eigenvalue weighted by atomic mass is 9.73.